The molecule has 1 aromatic carbocycles. The molecule has 6 nitrogen and oxygen atoms in total. The fourth-order valence-corrected chi connectivity index (χ4v) is 2.00. The molecule has 10 heteroatoms. The van der Waals surface area contributed by atoms with Gasteiger partial charge in [0, 0.05) is 17.1 Å². The highest BCUT2D eigenvalue weighted by Gasteiger charge is 2.49. The minimum atomic E-state index is -6.03. The van der Waals surface area contributed by atoms with E-state index in [1.54, 1.807) is 0 Å². The molecule has 0 bridgehead atoms. The summed E-state index contributed by atoms with van der Waals surface area (Å²) in [5.41, 5.74) is -6.89. The van der Waals surface area contributed by atoms with Gasteiger partial charge in [-0.1, -0.05) is 12.1 Å². The molecule has 0 saturated heterocycles. The number of fused-ring (bicyclic) bond motifs is 1. The number of carboxylic acids is 1. The fraction of sp³-hybridized carbons (Fsp3) is 0.0909. The fourth-order valence-electron chi connectivity index (χ4n) is 1.52. The molecule has 1 aromatic heterocycles. The number of nitrogens with zero attached hydrogens (tertiary/aromatic N) is 1. The van der Waals surface area contributed by atoms with Crippen molar-refractivity contribution in [2.75, 3.05) is 0 Å². The SMILES string of the molecule is O=C([O-])c1ccc2cccnc2c1OS(=O)(=O)C(F)(F)F. The number of halogens is 3. The predicted octanol–water partition coefficient (Wildman–Crippen LogP) is 0.827. The summed E-state index contributed by atoms with van der Waals surface area (Å²) in [5.74, 6) is -2.93. The van der Waals surface area contributed by atoms with Crippen molar-refractivity contribution in [3.63, 3.8) is 0 Å². The molecule has 0 unspecified atom stereocenters. The largest absolute Gasteiger partial charge is 0.545 e. The number of hydrogen-bond donors (Lipinski definition) is 0. The first kappa shape index (κ1) is 15.0. The van der Waals surface area contributed by atoms with Crippen molar-refractivity contribution in [2.45, 2.75) is 5.51 Å². The van der Waals surface area contributed by atoms with Crippen LogP contribution in [-0.2, 0) is 10.1 Å². The first-order chi connectivity index (χ1) is 9.63. The molecule has 1 heterocycles. The highest BCUT2D eigenvalue weighted by molar-refractivity contribution is 7.88. The van der Waals surface area contributed by atoms with Crippen molar-refractivity contribution in [1.29, 1.82) is 0 Å². The van der Waals surface area contributed by atoms with Crippen LogP contribution in [0.25, 0.3) is 10.9 Å². The van der Waals surface area contributed by atoms with E-state index >= 15 is 0 Å². The van der Waals surface area contributed by atoms with E-state index in [9.17, 15) is 31.5 Å². The van der Waals surface area contributed by atoms with Crippen molar-refractivity contribution in [2.24, 2.45) is 0 Å². The van der Waals surface area contributed by atoms with E-state index in [0.717, 1.165) is 12.3 Å². The predicted molar refractivity (Wildman–Crippen MR) is 61.7 cm³/mol. The third-order valence-electron chi connectivity index (χ3n) is 2.42. The molecule has 0 aliphatic carbocycles. The van der Waals surface area contributed by atoms with Crippen molar-refractivity contribution in [1.82, 2.24) is 4.98 Å². The van der Waals surface area contributed by atoms with Crippen LogP contribution in [0.2, 0.25) is 0 Å². The lowest BCUT2D eigenvalue weighted by Gasteiger charge is -2.15. The minimum Gasteiger partial charge on any atom is -0.545 e. The Balaban J connectivity index is 2.72. The lowest BCUT2D eigenvalue weighted by atomic mass is 10.1. The summed E-state index contributed by atoms with van der Waals surface area (Å²) in [6.45, 7) is 0. The smallest absolute Gasteiger partial charge is 0.534 e. The topological polar surface area (TPSA) is 96.4 Å². The van der Waals surface area contributed by atoms with Crippen LogP contribution >= 0.6 is 0 Å². The van der Waals surface area contributed by atoms with Crippen molar-refractivity contribution in [3.05, 3.63) is 36.0 Å². The second-order valence-corrected chi connectivity index (χ2v) is 5.33. The maximum absolute atomic E-state index is 12.4. The monoisotopic (exact) mass is 320 g/mol. The van der Waals surface area contributed by atoms with Crippen LogP contribution in [0.1, 0.15) is 10.4 Å². The number of carbonyl (C=O) groups is 1. The average Bonchev–Trinajstić information content (AvgIpc) is 2.37. The lowest BCUT2D eigenvalue weighted by molar-refractivity contribution is -0.255. The second kappa shape index (κ2) is 4.88. The van der Waals surface area contributed by atoms with Crippen LogP contribution in [0.5, 0.6) is 5.75 Å². The molecule has 0 N–H and O–H groups in total. The molecule has 0 aliphatic heterocycles. The van der Waals surface area contributed by atoms with Gasteiger partial charge in [-0.05, 0) is 12.1 Å². The quantitative estimate of drug-likeness (QED) is 0.614. The Labute approximate surface area is 115 Å². The first-order valence-electron chi connectivity index (χ1n) is 5.23. The third kappa shape index (κ3) is 2.75. The van der Waals surface area contributed by atoms with Gasteiger partial charge in [0.1, 0.15) is 5.52 Å². The normalized spacial score (nSPS) is 12.3. The summed E-state index contributed by atoms with van der Waals surface area (Å²) in [7, 11) is -6.03. The Morgan fingerprint density at radius 1 is 1.24 bits per heavy atom. The molecule has 2 aromatic rings. The van der Waals surface area contributed by atoms with E-state index in [-0.39, 0.29) is 10.9 Å². The van der Waals surface area contributed by atoms with Crippen molar-refractivity contribution >= 4 is 27.0 Å². The van der Waals surface area contributed by atoms with Gasteiger partial charge in [-0.25, -0.2) is 0 Å². The Hall–Kier alpha value is -2.36. The molecular formula is C11H5F3NO5S-. The Bertz CT molecular complexity index is 816. The van der Waals surface area contributed by atoms with Gasteiger partial charge in [0.25, 0.3) is 0 Å². The van der Waals surface area contributed by atoms with Gasteiger partial charge >= 0.3 is 15.6 Å². The number of pyridine rings is 1. The molecule has 0 spiro atoms. The maximum atomic E-state index is 12.4. The van der Waals surface area contributed by atoms with Gasteiger partial charge < -0.3 is 14.1 Å². The molecule has 0 amide bonds. The summed E-state index contributed by atoms with van der Waals surface area (Å²) in [6.07, 6.45) is 1.15. The molecule has 0 radical (unpaired) electrons. The number of hydrogen-bond acceptors (Lipinski definition) is 6. The maximum Gasteiger partial charge on any atom is 0.534 e. The van der Waals surface area contributed by atoms with Crippen molar-refractivity contribution in [3.8, 4) is 5.75 Å². The Morgan fingerprint density at radius 3 is 2.48 bits per heavy atom. The van der Waals surface area contributed by atoms with E-state index < -0.39 is 32.9 Å². The summed E-state index contributed by atoms with van der Waals surface area (Å²) >= 11 is 0. The number of aromatic nitrogens is 1. The summed E-state index contributed by atoms with van der Waals surface area (Å²) in [5, 5.41) is 11.1. The van der Waals surface area contributed by atoms with Crippen LogP contribution < -0.4 is 9.29 Å². The van der Waals surface area contributed by atoms with Crippen LogP contribution in [0.3, 0.4) is 0 Å². The molecule has 0 aliphatic rings. The van der Waals surface area contributed by atoms with Crippen LogP contribution in [0, 0.1) is 0 Å². The molecule has 0 atom stereocenters. The Kier molecular flexibility index (Phi) is 3.49. The second-order valence-electron chi connectivity index (χ2n) is 3.79. The summed E-state index contributed by atoms with van der Waals surface area (Å²) in [4.78, 5) is 14.5. The van der Waals surface area contributed by atoms with Crippen LogP contribution in [0.15, 0.2) is 30.5 Å². The van der Waals surface area contributed by atoms with E-state index in [1.165, 1.54) is 18.2 Å². The van der Waals surface area contributed by atoms with Gasteiger partial charge in [-0.3, -0.25) is 4.98 Å². The van der Waals surface area contributed by atoms with Gasteiger partial charge in [-0.15, -0.1) is 0 Å². The molecule has 2 rings (SSSR count). The lowest BCUT2D eigenvalue weighted by Crippen LogP contribution is -2.30. The van der Waals surface area contributed by atoms with Gasteiger partial charge in [-0.2, -0.15) is 21.6 Å². The summed E-state index contributed by atoms with van der Waals surface area (Å²) in [6, 6.07) is 4.94. The molecule has 21 heavy (non-hydrogen) atoms. The van der Waals surface area contributed by atoms with Gasteiger partial charge in [0.05, 0.1) is 5.97 Å². The number of aromatic carboxylic acids is 1. The van der Waals surface area contributed by atoms with Gasteiger partial charge in [0.15, 0.2) is 5.75 Å². The van der Waals surface area contributed by atoms with Crippen LogP contribution in [0.4, 0.5) is 13.2 Å². The van der Waals surface area contributed by atoms with E-state index in [2.05, 4.69) is 9.17 Å². The standard InChI is InChI=1S/C11H6F3NO5S/c12-11(13,14)21(18,19)20-9-7(10(16)17)4-3-6-2-1-5-15-8(6)9/h1-5H,(H,16,17)/p-1. The highest BCUT2D eigenvalue weighted by Crippen LogP contribution is 2.33. The van der Waals surface area contributed by atoms with Crippen LogP contribution in [-0.4, -0.2) is 24.9 Å². The Morgan fingerprint density at radius 2 is 1.90 bits per heavy atom. The van der Waals surface area contributed by atoms with E-state index in [1.807, 2.05) is 0 Å². The minimum absolute atomic E-state index is 0.204. The molecule has 0 fully saturated rings. The zero-order valence-corrected chi connectivity index (χ0v) is 10.7. The summed E-state index contributed by atoms with van der Waals surface area (Å²) < 4.78 is 63.1. The highest BCUT2D eigenvalue weighted by atomic mass is 32.2. The third-order valence-corrected chi connectivity index (χ3v) is 3.38. The van der Waals surface area contributed by atoms with Gasteiger partial charge in [0.2, 0.25) is 0 Å². The van der Waals surface area contributed by atoms with Crippen molar-refractivity contribution < 1.29 is 35.7 Å². The van der Waals surface area contributed by atoms with E-state index in [0.29, 0.717) is 0 Å². The molecular weight excluding hydrogens is 315 g/mol. The molecule has 112 valence electrons. The molecule has 0 saturated carbocycles. The zero-order chi connectivity index (χ0) is 15.8. The number of rotatable bonds is 3. The van der Waals surface area contributed by atoms with E-state index in [4.69, 9.17) is 0 Å². The first-order valence-corrected chi connectivity index (χ1v) is 6.64. The number of carboxylic acid groups (broad SMARTS) is 1. The zero-order valence-electron chi connectivity index (χ0n) is 9.92. The number of alkyl halides is 3. The average molecular weight is 320 g/mol. The number of carbonyl (C=O) groups excluding carboxylic acids is 1. The number of benzene rings is 1.